The molecule has 0 spiro atoms. The van der Waals surface area contributed by atoms with Crippen LogP contribution in [0.4, 0.5) is 10.5 Å². The highest BCUT2D eigenvalue weighted by Gasteiger charge is 2.34. The maximum absolute atomic E-state index is 12.2. The lowest BCUT2D eigenvalue weighted by molar-refractivity contribution is 0.0499. The first-order chi connectivity index (χ1) is 13.2. The van der Waals surface area contributed by atoms with Gasteiger partial charge in [0.25, 0.3) is 0 Å². The average Bonchev–Trinajstić information content (AvgIpc) is 3.19. The van der Waals surface area contributed by atoms with Gasteiger partial charge >= 0.3 is 6.09 Å². The third-order valence-corrected chi connectivity index (χ3v) is 5.03. The molecule has 3 rings (SSSR count). The molecule has 0 bridgehead atoms. The second kappa shape index (κ2) is 7.97. The molecule has 0 saturated carbocycles. The van der Waals surface area contributed by atoms with Gasteiger partial charge in [0, 0.05) is 32.0 Å². The molecule has 1 aliphatic heterocycles. The molecule has 0 aliphatic carbocycles. The summed E-state index contributed by atoms with van der Waals surface area (Å²) >= 11 is 0. The van der Waals surface area contributed by atoms with Crippen LogP contribution in [0.2, 0.25) is 0 Å². The van der Waals surface area contributed by atoms with Gasteiger partial charge in [-0.3, -0.25) is 5.10 Å². The number of fused-ring (bicyclic) bond motifs is 1. The average molecular weight is 390 g/mol. The van der Waals surface area contributed by atoms with Crippen LogP contribution in [0, 0.1) is 5.92 Å². The summed E-state index contributed by atoms with van der Waals surface area (Å²) in [5.41, 5.74) is 8.69. The van der Waals surface area contributed by atoms with Gasteiger partial charge in [0.2, 0.25) is 0 Å². The molecule has 8 nitrogen and oxygen atoms in total. The number of aromatic amines is 1. The summed E-state index contributed by atoms with van der Waals surface area (Å²) < 4.78 is 10.7. The van der Waals surface area contributed by atoms with Crippen LogP contribution in [0.25, 0.3) is 10.9 Å². The molecule has 28 heavy (non-hydrogen) atoms. The van der Waals surface area contributed by atoms with Gasteiger partial charge in [-0.15, -0.1) is 0 Å². The summed E-state index contributed by atoms with van der Waals surface area (Å²) in [5.74, 6) is 0.277. The van der Waals surface area contributed by atoms with Gasteiger partial charge in [-0.25, -0.2) is 4.79 Å². The fourth-order valence-corrected chi connectivity index (χ4v) is 3.68. The second-order valence-corrected chi connectivity index (χ2v) is 8.52. The lowest BCUT2D eigenvalue weighted by atomic mass is 10.0. The van der Waals surface area contributed by atoms with E-state index >= 15 is 0 Å². The number of ether oxygens (including phenoxy) is 2. The number of rotatable bonds is 5. The number of nitrogens with one attached hydrogen (secondary N) is 2. The van der Waals surface area contributed by atoms with E-state index in [1.807, 2.05) is 33.0 Å². The molecule has 4 N–H and O–H groups in total. The van der Waals surface area contributed by atoms with Gasteiger partial charge in [0.1, 0.15) is 11.8 Å². The predicted octanol–water partition coefficient (Wildman–Crippen LogP) is 2.39. The molecule has 1 fully saturated rings. The third kappa shape index (κ3) is 4.56. The molecule has 2 aromatic rings. The smallest absolute Gasteiger partial charge is 0.407 e. The van der Waals surface area contributed by atoms with Crippen LogP contribution in [0.15, 0.2) is 18.3 Å². The quantitative estimate of drug-likeness (QED) is 0.678. The molecule has 0 radical (unpaired) electrons. The Morgan fingerprint density at radius 3 is 2.86 bits per heavy atom. The van der Waals surface area contributed by atoms with Gasteiger partial charge < -0.3 is 25.4 Å². The standard InChI is InChI=1S/C20H31N5O3/c1-12-10-25(11-16(12)23-19(26)28-20(2,3)4)18-13(8-17(21)27-5)6-7-15-14(18)9-22-24-15/h6-7,9,12,16-17H,8,10-11,21H2,1-5H3,(H,22,24)(H,23,26)/t12?,16?,17-/m0/s1. The molecule has 3 atom stereocenters. The maximum Gasteiger partial charge on any atom is 0.407 e. The van der Waals surface area contributed by atoms with Crippen molar-refractivity contribution in [2.24, 2.45) is 11.7 Å². The Morgan fingerprint density at radius 2 is 2.18 bits per heavy atom. The minimum atomic E-state index is -0.516. The van der Waals surface area contributed by atoms with Crippen LogP contribution < -0.4 is 16.0 Å². The highest BCUT2D eigenvalue weighted by molar-refractivity contribution is 5.93. The fourth-order valence-electron chi connectivity index (χ4n) is 3.68. The molecule has 1 aliphatic rings. The zero-order chi connectivity index (χ0) is 20.5. The third-order valence-electron chi connectivity index (χ3n) is 5.03. The highest BCUT2D eigenvalue weighted by atomic mass is 16.6. The van der Waals surface area contributed by atoms with Gasteiger partial charge in [-0.1, -0.05) is 13.0 Å². The van der Waals surface area contributed by atoms with E-state index in [0.717, 1.165) is 28.7 Å². The summed E-state index contributed by atoms with van der Waals surface area (Å²) in [4.78, 5) is 14.5. The van der Waals surface area contributed by atoms with E-state index in [4.69, 9.17) is 15.2 Å². The molecule has 1 aromatic carbocycles. The number of aromatic nitrogens is 2. The normalized spacial score (nSPS) is 21.1. The van der Waals surface area contributed by atoms with Crippen molar-refractivity contribution in [3.63, 3.8) is 0 Å². The van der Waals surface area contributed by atoms with E-state index in [1.54, 1.807) is 7.11 Å². The largest absolute Gasteiger partial charge is 0.444 e. The van der Waals surface area contributed by atoms with Crippen molar-refractivity contribution < 1.29 is 14.3 Å². The molecule has 1 saturated heterocycles. The highest BCUT2D eigenvalue weighted by Crippen LogP contribution is 2.34. The Balaban J connectivity index is 1.83. The molecule has 1 aromatic heterocycles. The molecule has 1 amide bonds. The first-order valence-corrected chi connectivity index (χ1v) is 9.65. The van der Waals surface area contributed by atoms with Crippen LogP contribution in [0.3, 0.4) is 0 Å². The number of hydrogen-bond acceptors (Lipinski definition) is 6. The van der Waals surface area contributed by atoms with Crippen molar-refractivity contribution >= 4 is 22.7 Å². The minimum Gasteiger partial charge on any atom is -0.444 e. The molecular formula is C20H31N5O3. The number of anilines is 1. The number of benzene rings is 1. The predicted molar refractivity (Wildman–Crippen MR) is 109 cm³/mol. The van der Waals surface area contributed by atoms with Crippen molar-refractivity contribution in [1.29, 1.82) is 0 Å². The molecule has 8 heteroatoms. The van der Waals surface area contributed by atoms with Crippen molar-refractivity contribution in [3.8, 4) is 0 Å². The Bertz CT molecular complexity index is 829. The van der Waals surface area contributed by atoms with Gasteiger partial charge in [0.05, 0.1) is 23.4 Å². The summed E-state index contributed by atoms with van der Waals surface area (Å²) in [6.07, 6.45) is 1.68. The molecule has 2 unspecified atom stereocenters. The van der Waals surface area contributed by atoms with E-state index < -0.39 is 5.60 Å². The number of carbonyl (C=O) groups is 1. The Kier molecular flexibility index (Phi) is 5.81. The lowest BCUT2D eigenvalue weighted by Crippen LogP contribution is -2.42. The Morgan fingerprint density at radius 1 is 1.43 bits per heavy atom. The lowest BCUT2D eigenvalue weighted by Gasteiger charge is -2.25. The van der Waals surface area contributed by atoms with E-state index in [0.29, 0.717) is 13.0 Å². The van der Waals surface area contributed by atoms with Crippen molar-refractivity contribution in [2.75, 3.05) is 25.1 Å². The first-order valence-electron chi connectivity index (χ1n) is 9.65. The Hall–Kier alpha value is -2.32. The number of alkyl carbamates (subject to hydrolysis) is 1. The number of H-pyrrole nitrogens is 1. The van der Waals surface area contributed by atoms with E-state index in [2.05, 4.69) is 33.4 Å². The second-order valence-electron chi connectivity index (χ2n) is 8.52. The van der Waals surface area contributed by atoms with Crippen LogP contribution in [0.1, 0.15) is 33.3 Å². The van der Waals surface area contributed by atoms with Crippen molar-refractivity contribution in [1.82, 2.24) is 15.5 Å². The fraction of sp³-hybridized carbons (Fsp3) is 0.600. The Labute approximate surface area is 165 Å². The minimum absolute atomic E-state index is 0.000885. The van der Waals surface area contributed by atoms with Crippen LogP contribution in [-0.2, 0) is 15.9 Å². The summed E-state index contributed by atoms with van der Waals surface area (Å²) in [6.45, 7) is 9.24. The first kappa shape index (κ1) is 20.4. The van der Waals surface area contributed by atoms with Crippen molar-refractivity contribution in [2.45, 2.75) is 52.0 Å². The zero-order valence-electron chi connectivity index (χ0n) is 17.3. The molecule has 154 valence electrons. The van der Waals surface area contributed by atoms with E-state index in [9.17, 15) is 4.79 Å². The van der Waals surface area contributed by atoms with Crippen molar-refractivity contribution in [3.05, 3.63) is 23.9 Å². The number of hydrogen-bond donors (Lipinski definition) is 3. The monoisotopic (exact) mass is 389 g/mol. The zero-order valence-corrected chi connectivity index (χ0v) is 17.3. The summed E-state index contributed by atoms with van der Waals surface area (Å²) in [7, 11) is 1.61. The number of amides is 1. The van der Waals surface area contributed by atoms with E-state index in [-0.39, 0.29) is 24.3 Å². The summed E-state index contributed by atoms with van der Waals surface area (Å²) in [6, 6.07) is 4.08. The van der Waals surface area contributed by atoms with Crippen LogP contribution in [0.5, 0.6) is 0 Å². The number of carbonyl (C=O) groups excluding carboxylic acids is 1. The molecule has 2 heterocycles. The van der Waals surface area contributed by atoms with Crippen LogP contribution in [-0.4, -0.2) is 54.4 Å². The summed E-state index contributed by atoms with van der Waals surface area (Å²) in [5, 5.41) is 11.3. The van der Waals surface area contributed by atoms with E-state index in [1.165, 1.54) is 0 Å². The number of methoxy groups -OCH3 is 1. The van der Waals surface area contributed by atoms with Gasteiger partial charge in [0.15, 0.2) is 0 Å². The SMILES string of the molecule is CO[C@H](N)Cc1ccc2[nH]ncc2c1N1CC(C)C(NC(=O)OC(C)(C)C)C1. The molecular weight excluding hydrogens is 358 g/mol. The van der Waals surface area contributed by atoms with Gasteiger partial charge in [-0.05, 0) is 38.3 Å². The maximum atomic E-state index is 12.2. The number of nitrogens with zero attached hydrogens (tertiary/aromatic N) is 2. The number of nitrogens with two attached hydrogens (primary N) is 1. The van der Waals surface area contributed by atoms with Crippen LogP contribution >= 0.6 is 0 Å². The topological polar surface area (TPSA) is 106 Å². The van der Waals surface area contributed by atoms with Gasteiger partial charge in [-0.2, -0.15) is 5.10 Å².